The Hall–Kier alpha value is -1.81. The number of nitrogens with zero attached hydrogens (tertiary/aromatic N) is 1. The molecule has 0 bridgehead atoms. The van der Waals surface area contributed by atoms with E-state index < -0.39 is 0 Å². The van der Waals surface area contributed by atoms with Gasteiger partial charge in [0.15, 0.2) is 0 Å². The molecule has 136 valence electrons. The average molecular weight is 346 g/mol. The second-order valence-corrected chi connectivity index (χ2v) is 8.78. The molecule has 0 saturated heterocycles. The molecule has 2 aliphatic carbocycles. The van der Waals surface area contributed by atoms with Crippen LogP contribution in [0.1, 0.15) is 81.8 Å². The van der Waals surface area contributed by atoms with Crippen LogP contribution in [0.2, 0.25) is 0 Å². The Morgan fingerprint density at radius 3 is 2.54 bits per heavy atom. The van der Waals surface area contributed by atoms with E-state index in [-0.39, 0.29) is 0 Å². The summed E-state index contributed by atoms with van der Waals surface area (Å²) in [5, 5.41) is 11.6. The molecule has 0 heterocycles. The maximum atomic E-state index is 9.08. The molecule has 0 aromatic heterocycles. The van der Waals surface area contributed by atoms with Crippen molar-refractivity contribution < 1.29 is 0 Å². The van der Waals surface area contributed by atoms with Crippen LogP contribution in [0.25, 0.3) is 10.8 Å². The maximum Gasteiger partial charge on any atom is 0.0991 e. The highest BCUT2D eigenvalue weighted by Gasteiger charge is 2.35. The second kappa shape index (κ2) is 7.83. The van der Waals surface area contributed by atoms with E-state index in [4.69, 9.17) is 5.26 Å². The smallest absolute Gasteiger partial charge is 0.0991 e. The van der Waals surface area contributed by atoms with Crippen molar-refractivity contribution in [2.24, 2.45) is 17.8 Å². The molecule has 1 nitrogen and oxygen atoms in total. The lowest BCUT2D eigenvalue weighted by Gasteiger charge is -2.42. The number of hydrogen-bond acceptors (Lipinski definition) is 1. The van der Waals surface area contributed by atoms with Crippen molar-refractivity contribution in [1.82, 2.24) is 0 Å². The van der Waals surface area contributed by atoms with Crippen LogP contribution in [0.4, 0.5) is 0 Å². The third kappa shape index (κ3) is 3.66. The molecule has 2 saturated carbocycles. The van der Waals surface area contributed by atoms with Crippen molar-refractivity contribution in [1.29, 1.82) is 5.26 Å². The van der Waals surface area contributed by atoms with Crippen LogP contribution >= 0.6 is 0 Å². The molecule has 2 aliphatic rings. The Balaban J connectivity index is 1.44. The fourth-order valence-corrected chi connectivity index (χ4v) is 5.63. The number of hydrogen-bond donors (Lipinski definition) is 0. The summed E-state index contributed by atoms with van der Waals surface area (Å²) in [6.45, 7) is 2.32. The first-order chi connectivity index (χ1) is 12.8. The number of nitriles is 1. The summed E-state index contributed by atoms with van der Waals surface area (Å²) < 4.78 is 0. The zero-order valence-corrected chi connectivity index (χ0v) is 16.1. The molecule has 4 atom stereocenters. The quantitative estimate of drug-likeness (QED) is 0.574. The van der Waals surface area contributed by atoms with Crippen molar-refractivity contribution in [3.05, 3.63) is 47.5 Å². The van der Waals surface area contributed by atoms with Gasteiger partial charge in [-0.3, -0.25) is 0 Å². The van der Waals surface area contributed by atoms with E-state index in [1.54, 1.807) is 0 Å². The Labute approximate surface area is 158 Å². The van der Waals surface area contributed by atoms with Crippen LogP contribution in [0.15, 0.2) is 36.4 Å². The summed E-state index contributed by atoms with van der Waals surface area (Å²) in [7, 11) is 0. The molecule has 2 aromatic carbocycles. The van der Waals surface area contributed by atoms with Gasteiger partial charge in [0.25, 0.3) is 0 Å². The van der Waals surface area contributed by atoms with Gasteiger partial charge in [-0.2, -0.15) is 5.26 Å². The zero-order valence-electron chi connectivity index (χ0n) is 16.1. The molecule has 0 aliphatic heterocycles. The predicted molar refractivity (Wildman–Crippen MR) is 109 cm³/mol. The van der Waals surface area contributed by atoms with Gasteiger partial charge < -0.3 is 0 Å². The van der Waals surface area contributed by atoms with E-state index in [1.165, 1.54) is 74.1 Å². The van der Waals surface area contributed by atoms with Gasteiger partial charge in [-0.05, 0) is 84.2 Å². The lowest BCUT2D eigenvalue weighted by molar-refractivity contribution is 0.113. The predicted octanol–water partition coefficient (Wildman–Crippen LogP) is 7.20. The SMILES string of the molecule is CCCC[C@@H]1CC[C@@H]2CC(c3ccc4cc(C#N)ccc4c3)CCC2C1. The standard InChI is InChI=1S/C25H31N/c1-2-3-4-18-5-7-22-15-24(11-9-20(22)13-18)25-12-10-21-14-19(17-26)6-8-23(21)16-25/h6,8,10,12,14,16,18,20,22,24H,2-5,7,9,11,13,15H2,1H3/t18-,20?,22-,24?/m1/s1. The molecule has 1 heteroatoms. The summed E-state index contributed by atoms with van der Waals surface area (Å²) in [5.74, 6) is 3.72. The topological polar surface area (TPSA) is 23.8 Å². The van der Waals surface area contributed by atoms with E-state index >= 15 is 0 Å². The number of unbranched alkanes of at least 4 members (excludes halogenated alkanes) is 1. The largest absolute Gasteiger partial charge is 0.192 e. The van der Waals surface area contributed by atoms with Crippen molar-refractivity contribution in [3.8, 4) is 6.07 Å². The first-order valence-electron chi connectivity index (χ1n) is 10.7. The monoisotopic (exact) mass is 345 g/mol. The van der Waals surface area contributed by atoms with Crippen molar-refractivity contribution in [2.75, 3.05) is 0 Å². The van der Waals surface area contributed by atoms with Crippen molar-refractivity contribution in [3.63, 3.8) is 0 Å². The Morgan fingerprint density at radius 1 is 0.923 bits per heavy atom. The highest BCUT2D eigenvalue weighted by molar-refractivity contribution is 5.84. The third-order valence-corrected chi connectivity index (χ3v) is 7.15. The van der Waals surface area contributed by atoms with Gasteiger partial charge in [-0.1, -0.05) is 56.9 Å². The first-order valence-corrected chi connectivity index (χ1v) is 10.7. The minimum absolute atomic E-state index is 0.739. The summed E-state index contributed by atoms with van der Waals surface area (Å²) in [6, 6.07) is 15.2. The van der Waals surface area contributed by atoms with Crippen LogP contribution in [-0.4, -0.2) is 0 Å². The van der Waals surface area contributed by atoms with Crippen LogP contribution in [0, 0.1) is 29.1 Å². The molecule has 0 N–H and O–H groups in total. The summed E-state index contributed by atoms with van der Waals surface area (Å²) in [4.78, 5) is 0. The molecule has 2 fully saturated rings. The molecule has 2 aromatic rings. The molecule has 26 heavy (non-hydrogen) atoms. The second-order valence-electron chi connectivity index (χ2n) is 8.78. The highest BCUT2D eigenvalue weighted by Crippen LogP contribution is 2.48. The van der Waals surface area contributed by atoms with Gasteiger partial charge >= 0.3 is 0 Å². The lowest BCUT2D eigenvalue weighted by atomic mass is 9.63. The van der Waals surface area contributed by atoms with Gasteiger partial charge in [-0.25, -0.2) is 0 Å². The van der Waals surface area contributed by atoms with Crippen LogP contribution in [0.5, 0.6) is 0 Å². The summed E-state index contributed by atoms with van der Waals surface area (Å²) >= 11 is 0. The highest BCUT2D eigenvalue weighted by atomic mass is 14.4. The van der Waals surface area contributed by atoms with E-state index in [0.29, 0.717) is 0 Å². The van der Waals surface area contributed by atoms with E-state index in [1.807, 2.05) is 12.1 Å². The zero-order chi connectivity index (χ0) is 17.9. The van der Waals surface area contributed by atoms with Gasteiger partial charge in [0, 0.05) is 0 Å². The fraction of sp³-hybridized carbons (Fsp3) is 0.560. The fourth-order valence-electron chi connectivity index (χ4n) is 5.63. The van der Waals surface area contributed by atoms with Crippen LogP contribution in [0.3, 0.4) is 0 Å². The molecular formula is C25H31N. The van der Waals surface area contributed by atoms with E-state index in [9.17, 15) is 0 Å². The first kappa shape index (κ1) is 17.6. The third-order valence-electron chi connectivity index (χ3n) is 7.15. The van der Waals surface area contributed by atoms with E-state index in [2.05, 4.69) is 37.3 Å². The minimum Gasteiger partial charge on any atom is -0.192 e. The summed E-state index contributed by atoms with van der Waals surface area (Å²) in [6.07, 6.45) is 12.9. The summed E-state index contributed by atoms with van der Waals surface area (Å²) in [5.41, 5.74) is 2.28. The Bertz CT molecular complexity index is 799. The molecule has 4 rings (SSSR count). The average Bonchev–Trinajstić information content (AvgIpc) is 2.70. The van der Waals surface area contributed by atoms with Crippen molar-refractivity contribution in [2.45, 2.75) is 70.6 Å². The minimum atomic E-state index is 0.739. The molecule has 0 spiro atoms. The Morgan fingerprint density at radius 2 is 1.69 bits per heavy atom. The maximum absolute atomic E-state index is 9.08. The lowest BCUT2D eigenvalue weighted by Crippen LogP contribution is -2.30. The molecular weight excluding hydrogens is 314 g/mol. The molecule has 0 radical (unpaired) electrons. The number of rotatable bonds is 4. The Kier molecular flexibility index (Phi) is 5.30. The molecule has 0 amide bonds. The van der Waals surface area contributed by atoms with E-state index in [0.717, 1.165) is 29.2 Å². The normalized spacial score (nSPS) is 28.5. The van der Waals surface area contributed by atoms with Crippen molar-refractivity contribution >= 4 is 10.8 Å². The number of benzene rings is 2. The van der Waals surface area contributed by atoms with Crippen LogP contribution in [-0.2, 0) is 0 Å². The van der Waals surface area contributed by atoms with Gasteiger partial charge in [0.1, 0.15) is 0 Å². The number of fused-ring (bicyclic) bond motifs is 2. The van der Waals surface area contributed by atoms with Gasteiger partial charge in [0.2, 0.25) is 0 Å². The van der Waals surface area contributed by atoms with Gasteiger partial charge in [0.05, 0.1) is 11.6 Å². The molecule has 2 unspecified atom stereocenters. The van der Waals surface area contributed by atoms with Gasteiger partial charge in [-0.15, -0.1) is 0 Å². The van der Waals surface area contributed by atoms with Crippen LogP contribution < -0.4 is 0 Å².